The second kappa shape index (κ2) is 3.92. The summed E-state index contributed by atoms with van der Waals surface area (Å²) in [6.45, 7) is 0. The Bertz CT molecular complexity index is 692. The van der Waals surface area contributed by atoms with E-state index in [4.69, 9.17) is 11.6 Å². The van der Waals surface area contributed by atoms with Gasteiger partial charge in [0.2, 0.25) is 11.8 Å². The van der Waals surface area contributed by atoms with E-state index in [1.54, 1.807) is 0 Å². The monoisotopic (exact) mass is 293 g/mol. The van der Waals surface area contributed by atoms with Crippen molar-refractivity contribution in [2.45, 2.75) is 31.1 Å². The Morgan fingerprint density at radius 1 is 1.10 bits per heavy atom. The summed E-state index contributed by atoms with van der Waals surface area (Å²) in [5.74, 6) is 0.269. The first-order valence-electron chi connectivity index (χ1n) is 6.69. The summed E-state index contributed by atoms with van der Waals surface area (Å²) in [7, 11) is 0. The van der Waals surface area contributed by atoms with Crippen LogP contribution < -0.4 is 0 Å². The van der Waals surface area contributed by atoms with E-state index in [9.17, 15) is 14.6 Å². The van der Waals surface area contributed by atoms with Crippen LogP contribution in [0.15, 0.2) is 18.2 Å². The summed E-state index contributed by atoms with van der Waals surface area (Å²) in [6, 6.07) is 4.14. The van der Waals surface area contributed by atoms with E-state index in [0.717, 1.165) is 30.4 Å². The minimum atomic E-state index is -0.519. The average molecular weight is 294 g/mol. The van der Waals surface area contributed by atoms with Gasteiger partial charge in [-0.25, -0.2) is 4.39 Å². The molecule has 104 valence electrons. The Labute approximate surface area is 120 Å². The van der Waals surface area contributed by atoms with Gasteiger partial charge in [0.25, 0.3) is 0 Å². The zero-order valence-electron chi connectivity index (χ0n) is 10.6. The Hall–Kier alpha value is -1.68. The summed E-state index contributed by atoms with van der Waals surface area (Å²) >= 11 is 5.78. The van der Waals surface area contributed by atoms with Crippen LogP contribution in [0.25, 0.3) is 5.69 Å². The molecule has 4 rings (SSSR count). The van der Waals surface area contributed by atoms with E-state index in [-0.39, 0.29) is 16.8 Å². The first-order valence-corrected chi connectivity index (χ1v) is 7.07. The van der Waals surface area contributed by atoms with Gasteiger partial charge < -0.3 is 10.2 Å². The summed E-state index contributed by atoms with van der Waals surface area (Å²) in [5.41, 5.74) is 2.19. The molecule has 2 N–H and O–H groups in total. The van der Waals surface area contributed by atoms with Gasteiger partial charge in [-0.05, 0) is 49.3 Å². The maximum atomic E-state index is 13.2. The Balaban J connectivity index is 1.94. The molecule has 2 aromatic rings. The van der Waals surface area contributed by atoms with Crippen molar-refractivity contribution < 1.29 is 14.6 Å². The third kappa shape index (κ3) is 1.40. The molecule has 1 aromatic carbocycles. The summed E-state index contributed by atoms with van der Waals surface area (Å²) in [5, 5.41) is 20.8. The predicted octanol–water partition coefficient (Wildman–Crippen LogP) is 4.05. The molecule has 1 fully saturated rings. The van der Waals surface area contributed by atoms with E-state index in [1.807, 2.05) is 0 Å². The maximum Gasteiger partial charge on any atom is 0.202 e. The topological polar surface area (TPSA) is 45.4 Å². The molecule has 0 aliphatic heterocycles. The summed E-state index contributed by atoms with van der Waals surface area (Å²) in [4.78, 5) is 0. The molecule has 0 radical (unpaired) electrons. The Morgan fingerprint density at radius 3 is 2.25 bits per heavy atom. The Morgan fingerprint density at radius 2 is 1.70 bits per heavy atom. The van der Waals surface area contributed by atoms with Crippen molar-refractivity contribution in [1.82, 2.24) is 4.57 Å². The van der Waals surface area contributed by atoms with Gasteiger partial charge in [0.1, 0.15) is 5.82 Å². The van der Waals surface area contributed by atoms with Gasteiger partial charge in [-0.2, -0.15) is 0 Å². The number of hydrogen-bond acceptors (Lipinski definition) is 2. The molecule has 2 atom stereocenters. The van der Waals surface area contributed by atoms with Gasteiger partial charge in [-0.1, -0.05) is 11.6 Å². The lowest BCUT2D eigenvalue weighted by atomic mass is 9.95. The van der Waals surface area contributed by atoms with Gasteiger partial charge in [-0.15, -0.1) is 0 Å². The van der Waals surface area contributed by atoms with E-state index in [1.165, 1.54) is 22.8 Å². The Kier molecular flexibility index (Phi) is 2.37. The molecule has 1 aromatic heterocycles. The van der Waals surface area contributed by atoms with Crippen molar-refractivity contribution in [1.29, 1.82) is 0 Å². The van der Waals surface area contributed by atoms with Crippen LogP contribution in [-0.2, 0) is 0 Å². The molecule has 0 amide bonds. The summed E-state index contributed by atoms with van der Waals surface area (Å²) < 4.78 is 14.6. The van der Waals surface area contributed by atoms with Crippen LogP contribution in [0.5, 0.6) is 11.8 Å². The standard InChI is InChI=1S/C15H13ClFNO2/c16-10-6-9(3-4-11(10)17)18-14(19)12-7-1-2-8(5-7)13(12)15(18)20/h3-4,6-8,19-20H,1-2,5H2/t7-,8+. The molecule has 2 aliphatic carbocycles. The number of aromatic hydroxyl groups is 2. The lowest BCUT2D eigenvalue weighted by Gasteiger charge is -2.10. The van der Waals surface area contributed by atoms with Crippen molar-refractivity contribution >= 4 is 11.6 Å². The fourth-order valence-corrected chi connectivity index (χ4v) is 3.94. The zero-order valence-corrected chi connectivity index (χ0v) is 11.4. The van der Waals surface area contributed by atoms with Crippen LogP contribution in [0.2, 0.25) is 5.02 Å². The third-order valence-corrected chi connectivity index (χ3v) is 4.90. The third-order valence-electron chi connectivity index (χ3n) is 4.61. The van der Waals surface area contributed by atoms with Gasteiger partial charge >= 0.3 is 0 Å². The fourth-order valence-electron chi connectivity index (χ4n) is 3.76. The van der Waals surface area contributed by atoms with Crippen LogP contribution in [0.4, 0.5) is 4.39 Å². The fraction of sp³-hybridized carbons (Fsp3) is 0.333. The largest absolute Gasteiger partial charge is 0.494 e. The van der Waals surface area contributed by atoms with Crippen molar-refractivity contribution in [2.75, 3.05) is 0 Å². The number of rotatable bonds is 1. The highest BCUT2D eigenvalue weighted by Crippen LogP contribution is 2.60. The van der Waals surface area contributed by atoms with Crippen molar-refractivity contribution in [3.63, 3.8) is 0 Å². The summed E-state index contributed by atoms with van der Waals surface area (Å²) in [6.07, 6.45) is 3.12. The van der Waals surface area contributed by atoms with Gasteiger partial charge in [-0.3, -0.25) is 4.57 Å². The van der Waals surface area contributed by atoms with E-state index < -0.39 is 5.82 Å². The molecule has 1 saturated carbocycles. The highest BCUT2D eigenvalue weighted by Gasteiger charge is 2.44. The van der Waals surface area contributed by atoms with E-state index >= 15 is 0 Å². The molecule has 3 nitrogen and oxygen atoms in total. The first kappa shape index (κ1) is 12.1. The van der Waals surface area contributed by atoms with Crippen molar-refractivity contribution in [3.8, 4) is 17.4 Å². The molecule has 0 spiro atoms. The minimum Gasteiger partial charge on any atom is -0.494 e. The zero-order chi connectivity index (χ0) is 14.0. The van der Waals surface area contributed by atoms with E-state index in [0.29, 0.717) is 17.5 Å². The number of aromatic nitrogens is 1. The van der Waals surface area contributed by atoms with Crippen LogP contribution in [0.1, 0.15) is 42.2 Å². The molecular formula is C15H13ClFNO2. The first-order chi connectivity index (χ1) is 9.58. The molecule has 0 unspecified atom stereocenters. The maximum absolute atomic E-state index is 13.2. The minimum absolute atomic E-state index is 0.0295. The number of halogens is 2. The molecule has 5 heteroatoms. The molecule has 0 saturated heterocycles. The second-order valence-electron chi connectivity index (χ2n) is 5.62. The van der Waals surface area contributed by atoms with Crippen molar-refractivity contribution in [2.24, 2.45) is 0 Å². The lowest BCUT2D eigenvalue weighted by molar-refractivity contribution is 0.394. The van der Waals surface area contributed by atoms with Crippen LogP contribution in [-0.4, -0.2) is 14.8 Å². The van der Waals surface area contributed by atoms with Crippen LogP contribution in [0.3, 0.4) is 0 Å². The van der Waals surface area contributed by atoms with Gasteiger partial charge in [0.05, 0.1) is 10.7 Å². The molecule has 20 heavy (non-hydrogen) atoms. The molecular weight excluding hydrogens is 281 g/mol. The molecule has 2 bridgehead atoms. The van der Waals surface area contributed by atoms with Gasteiger partial charge in [0, 0.05) is 11.1 Å². The second-order valence-corrected chi connectivity index (χ2v) is 6.02. The number of benzene rings is 1. The smallest absolute Gasteiger partial charge is 0.202 e. The van der Waals surface area contributed by atoms with Crippen LogP contribution >= 0.6 is 11.6 Å². The highest BCUT2D eigenvalue weighted by atomic mass is 35.5. The molecule has 2 aliphatic rings. The quantitative estimate of drug-likeness (QED) is 0.833. The van der Waals surface area contributed by atoms with Gasteiger partial charge in [0.15, 0.2) is 0 Å². The highest BCUT2D eigenvalue weighted by molar-refractivity contribution is 6.30. The normalized spacial score (nSPS) is 23.3. The number of hydrogen-bond donors (Lipinski definition) is 2. The SMILES string of the molecule is Oc1c2c(c(O)n1-c1ccc(F)c(Cl)c1)[C@H]1CC[C@@H]2C1. The number of nitrogens with zero attached hydrogens (tertiary/aromatic N) is 1. The van der Waals surface area contributed by atoms with Crippen molar-refractivity contribution in [3.05, 3.63) is 40.2 Å². The lowest BCUT2D eigenvalue weighted by Crippen LogP contribution is -1.96. The molecule has 1 heterocycles. The number of fused-ring (bicyclic) bond motifs is 5. The average Bonchev–Trinajstić information content (AvgIpc) is 3.08. The van der Waals surface area contributed by atoms with Crippen LogP contribution in [0, 0.1) is 5.82 Å². The predicted molar refractivity (Wildman–Crippen MR) is 73.4 cm³/mol. The van der Waals surface area contributed by atoms with E-state index in [2.05, 4.69) is 0 Å².